The van der Waals surface area contributed by atoms with Crippen molar-refractivity contribution in [1.29, 1.82) is 0 Å². The molecule has 334 valence electrons. The molecule has 66 heavy (non-hydrogen) atoms. The van der Waals surface area contributed by atoms with Gasteiger partial charge in [0.05, 0.1) is 42.4 Å². The van der Waals surface area contributed by atoms with Crippen LogP contribution in [0.2, 0.25) is 0 Å². The number of benzene rings is 4. The van der Waals surface area contributed by atoms with E-state index in [0.29, 0.717) is 89.4 Å². The van der Waals surface area contributed by atoms with Gasteiger partial charge in [-0.05, 0) is 119 Å². The number of nitrogens with zero attached hydrogens (tertiary/aromatic N) is 2. The van der Waals surface area contributed by atoms with Crippen LogP contribution < -0.4 is 0 Å². The fourth-order valence-electron chi connectivity index (χ4n) is 7.58. The third-order valence-electron chi connectivity index (χ3n) is 10.5. The maximum absolute atomic E-state index is 12.0. The largest absolute Gasteiger partial charge is 3.00 e. The molecule has 8 bridgehead atoms. The molecule has 0 fully saturated rings. The number of halogens is 1. The van der Waals surface area contributed by atoms with Gasteiger partial charge < -0.3 is 23.6 Å². The van der Waals surface area contributed by atoms with Gasteiger partial charge in [-0.25, -0.2) is 35.2 Å². The Labute approximate surface area is 393 Å². The van der Waals surface area contributed by atoms with E-state index in [1.807, 2.05) is 0 Å². The normalized spacial score (nSPS) is 12.7. The third kappa shape index (κ3) is 9.32. The molecule has 16 nitrogen and oxygen atoms in total. The van der Waals surface area contributed by atoms with Crippen molar-refractivity contribution in [3.05, 3.63) is 144 Å². The van der Waals surface area contributed by atoms with Gasteiger partial charge in [0.2, 0.25) is 0 Å². The van der Waals surface area contributed by atoms with E-state index in [1.54, 1.807) is 48.6 Å². The van der Waals surface area contributed by atoms with Crippen molar-refractivity contribution in [1.82, 2.24) is 19.9 Å². The molecular formula is C44H28ClMnN4O12S4. The molecule has 2 aliphatic rings. The van der Waals surface area contributed by atoms with Crippen molar-refractivity contribution in [2.24, 2.45) is 0 Å². The van der Waals surface area contributed by atoms with Crippen LogP contribution in [0.4, 0.5) is 0 Å². The minimum atomic E-state index is -4.80. The second kappa shape index (κ2) is 17.6. The monoisotopic (exact) mass is 1020 g/mol. The zero-order chi connectivity index (χ0) is 45.3. The quantitative estimate of drug-likeness (QED) is 0.0971. The van der Waals surface area contributed by atoms with Gasteiger partial charge in [0.25, 0.3) is 10.1 Å². The number of hydrogen-bond acceptors (Lipinski definition) is 13. The third-order valence-corrected chi connectivity index (χ3v) is 13.9. The molecule has 3 N–H and O–H groups in total. The van der Waals surface area contributed by atoms with E-state index >= 15 is 0 Å². The van der Waals surface area contributed by atoms with Crippen LogP contribution in [-0.2, 0) is 57.5 Å². The van der Waals surface area contributed by atoms with Crippen LogP contribution in [0.1, 0.15) is 22.8 Å². The molecule has 5 heterocycles. The van der Waals surface area contributed by atoms with Crippen molar-refractivity contribution >= 4 is 99.3 Å². The first-order valence-corrected chi connectivity index (χ1v) is 24.3. The van der Waals surface area contributed by atoms with Gasteiger partial charge in [-0.15, -0.1) is 12.4 Å². The van der Waals surface area contributed by atoms with Crippen LogP contribution in [0.15, 0.2) is 141 Å². The second-order valence-electron chi connectivity index (χ2n) is 14.4. The number of fused-ring (bicyclic) bond motifs is 8. The molecule has 4 aromatic carbocycles. The number of nitrogens with one attached hydrogen (secondary N) is 2. The van der Waals surface area contributed by atoms with Crippen molar-refractivity contribution in [3.63, 3.8) is 0 Å². The van der Waals surface area contributed by atoms with Crippen LogP contribution in [0.3, 0.4) is 0 Å². The summed E-state index contributed by atoms with van der Waals surface area (Å²) >= 11 is 0. The predicted molar refractivity (Wildman–Crippen MR) is 242 cm³/mol. The minimum Gasteiger partial charge on any atom is -0.744 e. The Morgan fingerprint density at radius 3 is 0.773 bits per heavy atom. The molecule has 7 aromatic rings. The zero-order valence-corrected chi connectivity index (χ0v) is 38.4. The van der Waals surface area contributed by atoms with Gasteiger partial charge in [0, 0.05) is 44.3 Å². The maximum Gasteiger partial charge on any atom is 3.00 e. The molecule has 0 unspecified atom stereocenters. The number of hydrogen-bond donors (Lipinski definition) is 3. The van der Waals surface area contributed by atoms with E-state index < -0.39 is 55.2 Å². The fourth-order valence-corrected chi connectivity index (χ4v) is 9.47. The van der Waals surface area contributed by atoms with E-state index in [1.165, 1.54) is 97.1 Å². The first kappa shape index (κ1) is 47.9. The summed E-state index contributed by atoms with van der Waals surface area (Å²) in [7, 11) is -19.0. The van der Waals surface area contributed by atoms with E-state index in [2.05, 4.69) is 9.97 Å². The Hall–Kier alpha value is -6.07. The Kier molecular flexibility index (Phi) is 12.8. The number of aromatic nitrogens is 4. The number of rotatable bonds is 8. The molecule has 0 aliphatic carbocycles. The number of aromatic amines is 2. The van der Waals surface area contributed by atoms with Gasteiger partial charge >= 0.3 is 17.1 Å². The first-order valence-electron chi connectivity index (χ1n) is 18.7. The molecule has 22 heteroatoms. The molecule has 0 amide bonds. The van der Waals surface area contributed by atoms with Crippen LogP contribution in [0, 0.1) is 0 Å². The minimum absolute atomic E-state index is 0. The number of H-pyrrole nitrogens is 2. The molecule has 0 saturated heterocycles. The zero-order valence-electron chi connectivity index (χ0n) is 33.1. The summed E-state index contributed by atoms with van der Waals surface area (Å²) in [5, 5.41) is 0. The molecule has 0 spiro atoms. The van der Waals surface area contributed by atoms with Crippen LogP contribution in [0.25, 0.3) is 90.9 Å². The Morgan fingerprint density at radius 2 is 0.576 bits per heavy atom. The summed E-state index contributed by atoms with van der Waals surface area (Å²) in [6, 6.07) is 28.1. The summed E-state index contributed by atoms with van der Waals surface area (Å²) in [5.41, 5.74) is 6.92. The molecule has 3 aromatic heterocycles. The summed E-state index contributed by atoms with van der Waals surface area (Å²) < 4.78 is 141. The second-order valence-corrected chi connectivity index (χ2v) is 20.0. The van der Waals surface area contributed by atoms with Crippen LogP contribution in [0.5, 0.6) is 0 Å². The van der Waals surface area contributed by atoms with Gasteiger partial charge in [-0.3, -0.25) is 4.55 Å². The molecule has 0 saturated carbocycles. The van der Waals surface area contributed by atoms with E-state index in [-0.39, 0.29) is 34.4 Å². The molecule has 0 atom stereocenters. The predicted octanol–water partition coefficient (Wildman–Crippen LogP) is 7.70. The molecule has 0 radical (unpaired) electrons. The Morgan fingerprint density at radius 1 is 0.364 bits per heavy atom. The van der Waals surface area contributed by atoms with Gasteiger partial charge in [-0.1, -0.05) is 48.5 Å². The molecule has 9 rings (SSSR count). The standard InChI is InChI=1S/C44H30N4O12S4.ClH.Mn/c49-61(50,51)29-9-1-25(2-10-29)41-33-17-19-35(45-33)42(26-3-11-30(12-4-26)62(52,53)54)37-21-23-39(47-37)44(28-7-15-32(16-8-28)64(58,59)60)40-24-22-38(48-40)43(36-20-18-34(41)46-36)27-5-13-31(14-6-27)63(55,56)57;;/h1-24,45,48H,(H,49,50,51)(H,52,53,54)(H,55,56,57)(H,58,59,60);1H;/q;;+3/p-3. The van der Waals surface area contributed by atoms with E-state index in [4.69, 9.17) is 9.97 Å². The van der Waals surface area contributed by atoms with E-state index in [0.717, 1.165) is 0 Å². The summed E-state index contributed by atoms with van der Waals surface area (Å²) in [6.45, 7) is 0. The maximum atomic E-state index is 12.0. The van der Waals surface area contributed by atoms with Crippen molar-refractivity contribution < 1.29 is 69.0 Å². The fraction of sp³-hybridized carbons (Fsp3) is 0. The van der Waals surface area contributed by atoms with Crippen molar-refractivity contribution in [2.45, 2.75) is 19.6 Å². The molecule has 2 aliphatic heterocycles. The summed E-state index contributed by atoms with van der Waals surface area (Å²) in [5.74, 6) is 0. The van der Waals surface area contributed by atoms with Crippen LogP contribution in [-0.4, -0.2) is 71.8 Å². The average molecular weight is 1020 g/mol. The molecular weight excluding hydrogens is 995 g/mol. The SMILES string of the molecule is Cl.O=S(=O)([O-])c1ccc(-c2c3nc(c(-c4ccc(S(=O)(=O)[O-])cc4)c4ccc([nH]4)c(-c4ccc(S(=O)(=O)O)cc4)c4nc(c(-c5ccc(S(=O)(=O)[O-])cc5)c5ccc2[nH]5)C=C4)C=C3)cc1.[Mn+3]. The van der Waals surface area contributed by atoms with Crippen molar-refractivity contribution in [2.75, 3.05) is 0 Å². The Balaban J connectivity index is 0.00000324. The van der Waals surface area contributed by atoms with Crippen LogP contribution >= 0.6 is 12.4 Å². The first-order chi connectivity index (χ1) is 30.2. The summed E-state index contributed by atoms with van der Waals surface area (Å²) in [4.78, 5) is 15.2. The van der Waals surface area contributed by atoms with E-state index in [9.17, 15) is 51.9 Å². The summed E-state index contributed by atoms with van der Waals surface area (Å²) in [6.07, 6.45) is 6.82. The smallest absolute Gasteiger partial charge is 0.744 e. The Bertz CT molecular complexity index is 3310. The van der Waals surface area contributed by atoms with Gasteiger partial charge in [-0.2, -0.15) is 8.42 Å². The van der Waals surface area contributed by atoms with Crippen molar-refractivity contribution in [3.8, 4) is 44.5 Å². The topological polar surface area (TPSA) is 283 Å². The van der Waals surface area contributed by atoms with Gasteiger partial charge in [0.15, 0.2) is 0 Å². The van der Waals surface area contributed by atoms with Gasteiger partial charge in [0.1, 0.15) is 30.4 Å². The average Bonchev–Trinajstić information content (AvgIpc) is 4.08.